The summed E-state index contributed by atoms with van der Waals surface area (Å²) in [7, 11) is -6.05. The molecular formula is C32H40ClF6N5PPt. The number of aromatic nitrogens is 5. The molecule has 257 valence electrons. The van der Waals surface area contributed by atoms with Gasteiger partial charge in [0.1, 0.15) is 11.4 Å². The van der Waals surface area contributed by atoms with Crippen molar-refractivity contribution in [3.05, 3.63) is 73.2 Å². The Morgan fingerprint density at radius 1 is 0.652 bits per heavy atom. The van der Waals surface area contributed by atoms with E-state index in [2.05, 4.69) is 101 Å². The van der Waals surface area contributed by atoms with Gasteiger partial charge in [0.2, 0.25) is 0 Å². The average Bonchev–Trinajstić information content (AvgIpc) is 3.55. The van der Waals surface area contributed by atoms with Crippen molar-refractivity contribution in [3.8, 4) is 23.0 Å². The molecule has 46 heavy (non-hydrogen) atoms. The second-order valence-electron chi connectivity index (χ2n) is 11.0. The van der Waals surface area contributed by atoms with Crippen molar-refractivity contribution >= 4 is 39.3 Å². The van der Waals surface area contributed by atoms with Crippen LogP contribution in [0.25, 0.3) is 45.1 Å². The summed E-state index contributed by atoms with van der Waals surface area (Å²) in [4.78, 5) is 15.1. The zero-order valence-electron chi connectivity index (χ0n) is 26.6. The van der Waals surface area contributed by atoms with Crippen LogP contribution in [0.3, 0.4) is 0 Å². The molecule has 0 bridgehead atoms. The van der Waals surface area contributed by atoms with Gasteiger partial charge in [0.15, 0.2) is 11.6 Å². The van der Waals surface area contributed by atoms with E-state index in [1.807, 2.05) is 32.4 Å². The summed E-state index contributed by atoms with van der Waals surface area (Å²) >= 11 is 1.61. The van der Waals surface area contributed by atoms with Gasteiger partial charge in [-0.25, -0.2) is 15.0 Å². The van der Waals surface area contributed by atoms with Gasteiger partial charge in [-0.2, -0.15) is 0 Å². The van der Waals surface area contributed by atoms with Crippen molar-refractivity contribution in [2.45, 2.75) is 67.5 Å². The summed E-state index contributed by atoms with van der Waals surface area (Å²) in [6.07, 6.45) is 4.25. The molecule has 0 spiro atoms. The standard InChI is InChI=1S/C29H33N5.C3H7.ClH.F6P.Pt/c1-5-20(3)18-33-26-16-9-7-12-22(26)31-28(33)24-14-11-15-25(30-24)29-32-23-13-8-10-17-27(23)34(29)19-21(4)6-2;1-3-2;;1-7(2,3,4,5)6;/h7-17,20-21H,5-6,18-19H2,1-4H3;3H,1-2H3;1H;;/q;+1;;-1;+1/p-1/t20-,21-;;;;/m0..../s1. The summed E-state index contributed by atoms with van der Waals surface area (Å²) in [5.74, 6) is 2.96. The predicted molar refractivity (Wildman–Crippen MR) is 176 cm³/mol. The van der Waals surface area contributed by atoms with E-state index < -0.39 is 7.81 Å². The predicted octanol–water partition coefficient (Wildman–Crippen LogP) is 12.5. The van der Waals surface area contributed by atoms with E-state index in [0.29, 0.717) is 11.8 Å². The number of rotatable bonds is 8. The third kappa shape index (κ3) is 12.5. The Bertz CT molecular complexity index is 1580. The van der Waals surface area contributed by atoms with Gasteiger partial charge in [-0.05, 0) is 48.2 Å². The van der Waals surface area contributed by atoms with Crippen molar-refractivity contribution in [1.82, 2.24) is 24.1 Å². The fraction of sp³-hybridized carbons (Fsp3) is 0.375. The van der Waals surface area contributed by atoms with Gasteiger partial charge in [-0.1, -0.05) is 70.9 Å². The molecule has 5 aromatic rings. The fourth-order valence-corrected chi connectivity index (χ4v) is 4.48. The Hall–Kier alpha value is -2.61. The van der Waals surface area contributed by atoms with Crippen LogP contribution in [-0.4, -0.2) is 24.1 Å². The number of nitrogens with zero attached hydrogens (tertiary/aromatic N) is 5. The van der Waals surface area contributed by atoms with E-state index in [1.54, 1.807) is 18.8 Å². The summed E-state index contributed by atoms with van der Waals surface area (Å²) in [6.45, 7) is 14.9. The molecule has 0 unspecified atom stereocenters. The van der Waals surface area contributed by atoms with Crippen LogP contribution in [0.4, 0.5) is 25.2 Å². The van der Waals surface area contributed by atoms with E-state index in [1.165, 1.54) is 0 Å². The Kier molecular flexibility index (Phi) is 13.8. The van der Waals surface area contributed by atoms with Crippen LogP contribution in [0.15, 0.2) is 66.7 Å². The van der Waals surface area contributed by atoms with Crippen LogP contribution < -0.4 is 0 Å². The van der Waals surface area contributed by atoms with Crippen molar-refractivity contribution < 1.29 is 44.0 Å². The first-order chi connectivity index (χ1) is 21.4. The molecule has 0 aliphatic carbocycles. The Morgan fingerprint density at radius 3 is 1.30 bits per heavy atom. The van der Waals surface area contributed by atoms with Gasteiger partial charge in [-0.3, -0.25) is 0 Å². The van der Waals surface area contributed by atoms with Crippen LogP contribution in [0, 0.1) is 18.3 Å². The van der Waals surface area contributed by atoms with E-state index >= 15 is 0 Å². The van der Waals surface area contributed by atoms with E-state index in [-0.39, 0.29) is 0 Å². The molecule has 0 radical (unpaired) electrons. The van der Waals surface area contributed by atoms with Gasteiger partial charge >= 0.3 is 61.2 Å². The number of hydrogen-bond donors (Lipinski definition) is 0. The molecule has 0 N–H and O–H groups in total. The maximum atomic E-state index is 9.87. The second kappa shape index (κ2) is 16.0. The summed E-state index contributed by atoms with van der Waals surface area (Å²) in [5.41, 5.74) is 6.12. The molecule has 0 fully saturated rings. The zero-order valence-corrected chi connectivity index (χ0v) is 30.5. The maximum absolute atomic E-state index is 10.7. The van der Waals surface area contributed by atoms with Crippen LogP contribution in [0.2, 0.25) is 0 Å². The number of pyridine rings is 1. The molecular weight excluding hydrogens is 830 g/mol. The van der Waals surface area contributed by atoms with Crippen molar-refractivity contribution in [3.63, 3.8) is 0 Å². The molecule has 0 saturated carbocycles. The number of benzene rings is 2. The average molecular weight is 870 g/mol. The van der Waals surface area contributed by atoms with Gasteiger partial charge < -0.3 is 9.13 Å². The first-order valence-corrected chi connectivity index (χ1v) is 19.6. The molecule has 5 rings (SSSR count). The van der Waals surface area contributed by atoms with Gasteiger partial charge in [0.05, 0.1) is 42.3 Å². The fourth-order valence-electron chi connectivity index (χ4n) is 4.48. The van der Waals surface area contributed by atoms with Gasteiger partial charge in [-0.15, -0.1) is 0 Å². The van der Waals surface area contributed by atoms with Crippen molar-refractivity contribution in [2.75, 3.05) is 0 Å². The number of fused-ring (bicyclic) bond motifs is 2. The van der Waals surface area contributed by atoms with Gasteiger partial charge in [0.25, 0.3) is 0 Å². The summed E-state index contributed by atoms with van der Waals surface area (Å²) in [5, 5.41) is 0. The molecule has 0 amide bonds. The van der Waals surface area contributed by atoms with Crippen LogP contribution >= 0.6 is 17.2 Å². The molecule has 5 nitrogen and oxygen atoms in total. The second-order valence-corrected chi connectivity index (χ2v) is 13.0. The molecule has 3 heterocycles. The number of para-hydroxylation sites is 4. The van der Waals surface area contributed by atoms with Crippen molar-refractivity contribution in [1.29, 1.82) is 0 Å². The van der Waals surface area contributed by atoms with E-state index in [9.17, 15) is 25.2 Å². The first kappa shape index (κ1) is 39.6. The molecule has 3 aromatic heterocycles. The third-order valence-electron chi connectivity index (χ3n) is 6.90. The normalized spacial score (nSPS) is 14.0. The molecule has 14 heteroatoms. The quantitative estimate of drug-likeness (QED) is 0.0887. The van der Waals surface area contributed by atoms with E-state index in [4.69, 9.17) is 15.0 Å². The number of imidazole rings is 2. The molecule has 2 atom stereocenters. The van der Waals surface area contributed by atoms with Crippen molar-refractivity contribution in [2.24, 2.45) is 11.8 Å². The van der Waals surface area contributed by atoms with Crippen LogP contribution in [0.5, 0.6) is 0 Å². The zero-order chi connectivity index (χ0) is 34.8. The Balaban J connectivity index is 0.000000531. The molecule has 2 aromatic carbocycles. The monoisotopic (exact) mass is 869 g/mol. The molecule has 0 saturated heterocycles. The topological polar surface area (TPSA) is 48.5 Å². The third-order valence-corrected chi connectivity index (χ3v) is 6.90. The van der Waals surface area contributed by atoms with E-state index in [0.717, 1.165) is 71.0 Å². The van der Waals surface area contributed by atoms with Crippen LogP contribution in [-0.2, 0) is 31.9 Å². The summed E-state index contributed by atoms with van der Waals surface area (Å²) in [6, 6.07) is 23.0. The van der Waals surface area contributed by atoms with Gasteiger partial charge in [0, 0.05) is 13.1 Å². The Morgan fingerprint density at radius 2 is 0.978 bits per heavy atom. The number of hydrogen-bond acceptors (Lipinski definition) is 3. The minimum absolute atomic E-state index is 0.555. The molecule has 0 aliphatic rings. The number of halogens is 7. The first-order valence-electron chi connectivity index (χ1n) is 14.8. The molecule has 0 aliphatic heterocycles. The van der Waals surface area contributed by atoms with Crippen LogP contribution in [0.1, 0.15) is 54.4 Å². The minimum atomic E-state index is -10.7. The summed E-state index contributed by atoms with van der Waals surface area (Å²) < 4.78 is 63.9. The SMILES string of the molecule is CC[C@H](C)Cn1c(-c2cccc(-c3nc4ccccc4n3C[C@@H](C)CC)n2)nc2ccccc21.C[CH+]C.F[P-](F)(F)(F)(F)F.[Cl][Pt]. The Labute approximate surface area is 281 Å².